The molecule has 3 heterocycles. The Labute approximate surface area is 230 Å². The number of hydrogen-bond donors (Lipinski definition) is 2. The van der Waals surface area contributed by atoms with Crippen LogP contribution in [0.1, 0.15) is 42.9 Å². The van der Waals surface area contributed by atoms with Crippen molar-refractivity contribution in [3.8, 4) is 5.69 Å². The number of carbonyl (C=O) groups is 1. The molecule has 1 amide bonds. The Bertz CT molecular complexity index is 1450. The Hall–Kier alpha value is -3.49. The Kier molecular flexibility index (Phi) is 7.13. The number of aromatic nitrogens is 2. The zero-order valence-electron chi connectivity index (χ0n) is 20.9. The van der Waals surface area contributed by atoms with Crippen LogP contribution in [-0.2, 0) is 4.79 Å². The van der Waals surface area contributed by atoms with Crippen LogP contribution in [0.15, 0.2) is 89.7 Å². The Morgan fingerprint density at radius 2 is 1.89 bits per heavy atom. The lowest BCUT2D eigenvalue weighted by Crippen LogP contribution is -2.30. The number of halogens is 1. The smallest absolute Gasteiger partial charge is 0.226 e. The van der Waals surface area contributed by atoms with E-state index in [4.69, 9.17) is 12.2 Å². The summed E-state index contributed by atoms with van der Waals surface area (Å²) in [5.74, 6) is -0.0992. The van der Waals surface area contributed by atoms with E-state index in [1.54, 1.807) is 0 Å². The van der Waals surface area contributed by atoms with Gasteiger partial charge in [0.25, 0.3) is 0 Å². The average molecular weight is 575 g/mol. The predicted octanol–water partition coefficient (Wildman–Crippen LogP) is 6.71. The number of nitrogens with one attached hydrogen (secondary N) is 2. The van der Waals surface area contributed by atoms with Crippen LogP contribution in [0, 0.1) is 12.8 Å². The molecule has 8 heteroatoms. The fourth-order valence-electron chi connectivity index (χ4n) is 4.64. The first-order valence-corrected chi connectivity index (χ1v) is 13.4. The highest BCUT2D eigenvalue weighted by molar-refractivity contribution is 9.10. The molecule has 0 aliphatic carbocycles. The van der Waals surface area contributed by atoms with Crippen LogP contribution in [0.5, 0.6) is 0 Å². The second-order valence-electron chi connectivity index (χ2n) is 9.42. The molecular formula is C29H28BrN5OS. The monoisotopic (exact) mass is 573 g/mol. The van der Waals surface area contributed by atoms with Gasteiger partial charge in [0, 0.05) is 45.5 Å². The van der Waals surface area contributed by atoms with Gasteiger partial charge in [0.1, 0.15) is 6.04 Å². The van der Waals surface area contributed by atoms with Crippen LogP contribution < -0.4 is 15.5 Å². The number of pyridine rings is 1. The molecule has 0 saturated carbocycles. The number of nitrogens with zero attached hydrogens (tertiary/aromatic N) is 3. The third-order valence-corrected chi connectivity index (χ3v) is 7.35. The molecule has 37 heavy (non-hydrogen) atoms. The van der Waals surface area contributed by atoms with Crippen LogP contribution >= 0.6 is 28.1 Å². The van der Waals surface area contributed by atoms with Crippen molar-refractivity contribution in [1.29, 1.82) is 0 Å². The normalized spacial score (nSPS) is 17.2. The summed E-state index contributed by atoms with van der Waals surface area (Å²) in [6.45, 7) is 5.77. The zero-order chi connectivity index (χ0) is 26.1. The first kappa shape index (κ1) is 25.2. The fourth-order valence-corrected chi connectivity index (χ4v) is 5.38. The van der Waals surface area contributed by atoms with Gasteiger partial charge in [-0.2, -0.15) is 0 Å². The lowest BCUT2D eigenvalue weighted by molar-refractivity contribution is -0.118. The van der Waals surface area contributed by atoms with Gasteiger partial charge in [-0.15, -0.1) is 0 Å². The number of carbonyl (C=O) groups excluding carboxylic acids is 1. The summed E-state index contributed by atoms with van der Waals surface area (Å²) in [5.41, 5.74) is 5.76. The van der Waals surface area contributed by atoms with Gasteiger partial charge in [0.2, 0.25) is 5.91 Å². The van der Waals surface area contributed by atoms with E-state index in [-0.39, 0.29) is 23.9 Å². The summed E-state index contributed by atoms with van der Waals surface area (Å²) in [6.07, 6.45) is 3.88. The average Bonchev–Trinajstić information content (AvgIpc) is 3.50. The molecule has 1 fully saturated rings. The minimum Gasteiger partial charge on any atom is -0.351 e. The van der Waals surface area contributed by atoms with E-state index in [1.165, 1.54) is 0 Å². The van der Waals surface area contributed by atoms with Crippen molar-refractivity contribution in [3.63, 3.8) is 0 Å². The third-order valence-electron chi connectivity index (χ3n) is 6.54. The number of thiocarbonyl (C=S) groups is 1. The van der Waals surface area contributed by atoms with Crippen molar-refractivity contribution in [2.24, 2.45) is 5.92 Å². The van der Waals surface area contributed by atoms with Gasteiger partial charge in [-0.25, -0.2) is 0 Å². The van der Waals surface area contributed by atoms with Gasteiger partial charge in [-0.3, -0.25) is 9.78 Å². The molecule has 1 aliphatic rings. The summed E-state index contributed by atoms with van der Waals surface area (Å²) >= 11 is 9.52. The van der Waals surface area contributed by atoms with Gasteiger partial charge < -0.3 is 20.1 Å². The first-order chi connectivity index (χ1) is 17.8. The Balaban J connectivity index is 1.60. The van der Waals surface area contributed by atoms with Gasteiger partial charge in [0.05, 0.1) is 11.7 Å². The largest absolute Gasteiger partial charge is 0.351 e. The summed E-state index contributed by atoms with van der Waals surface area (Å²) in [4.78, 5) is 19.1. The van der Waals surface area contributed by atoms with Crippen LogP contribution in [-0.4, -0.2) is 20.6 Å². The molecule has 2 aromatic carbocycles. The second kappa shape index (κ2) is 10.5. The van der Waals surface area contributed by atoms with Crippen molar-refractivity contribution >= 4 is 50.5 Å². The van der Waals surface area contributed by atoms with E-state index in [1.807, 2.05) is 69.4 Å². The van der Waals surface area contributed by atoms with Gasteiger partial charge in [0.15, 0.2) is 5.11 Å². The molecule has 2 aromatic heterocycles. The highest BCUT2D eigenvalue weighted by atomic mass is 79.9. The van der Waals surface area contributed by atoms with E-state index >= 15 is 0 Å². The lowest BCUT2D eigenvalue weighted by Gasteiger charge is -2.29. The van der Waals surface area contributed by atoms with Crippen molar-refractivity contribution in [2.75, 3.05) is 10.2 Å². The molecular weight excluding hydrogens is 546 g/mol. The quantitative estimate of drug-likeness (QED) is 0.251. The fraction of sp³-hybridized carbons (Fsp3) is 0.207. The van der Waals surface area contributed by atoms with E-state index < -0.39 is 0 Å². The molecule has 0 radical (unpaired) electrons. The summed E-state index contributed by atoms with van der Waals surface area (Å²) < 4.78 is 3.20. The molecule has 1 aliphatic heterocycles. The SMILES string of the molecule is Cc1cc(N2C(=S)NC(c3ccccn3)C2c2cccn2-c2cccc(Br)c2)ccc1NC(=O)C(C)C. The maximum Gasteiger partial charge on any atom is 0.226 e. The highest BCUT2D eigenvalue weighted by Crippen LogP contribution is 2.43. The van der Waals surface area contributed by atoms with E-state index in [0.29, 0.717) is 5.11 Å². The molecule has 0 spiro atoms. The number of hydrogen-bond acceptors (Lipinski definition) is 3. The number of aryl methyl sites for hydroxylation is 1. The molecule has 2 unspecified atom stereocenters. The topological polar surface area (TPSA) is 62.2 Å². The van der Waals surface area contributed by atoms with Gasteiger partial charge in [-0.05, 0) is 85.4 Å². The van der Waals surface area contributed by atoms with Gasteiger partial charge >= 0.3 is 0 Å². The summed E-state index contributed by atoms with van der Waals surface area (Å²) in [7, 11) is 0. The molecule has 1 saturated heterocycles. The zero-order valence-corrected chi connectivity index (χ0v) is 23.3. The van der Waals surface area contributed by atoms with Crippen LogP contribution in [0.3, 0.4) is 0 Å². The van der Waals surface area contributed by atoms with Crippen molar-refractivity contribution in [1.82, 2.24) is 14.9 Å². The lowest BCUT2D eigenvalue weighted by atomic mass is 10.00. The highest BCUT2D eigenvalue weighted by Gasteiger charge is 2.42. The van der Waals surface area contributed by atoms with E-state index in [0.717, 1.165) is 38.5 Å². The third kappa shape index (κ3) is 5.04. The Morgan fingerprint density at radius 1 is 1.05 bits per heavy atom. The van der Waals surface area contributed by atoms with E-state index in [9.17, 15) is 4.79 Å². The van der Waals surface area contributed by atoms with Crippen LogP contribution in [0.2, 0.25) is 0 Å². The predicted molar refractivity (Wildman–Crippen MR) is 156 cm³/mol. The molecule has 0 bridgehead atoms. The van der Waals surface area contributed by atoms with Crippen LogP contribution in [0.25, 0.3) is 5.69 Å². The van der Waals surface area contributed by atoms with E-state index in [2.05, 4.69) is 77.5 Å². The molecule has 2 N–H and O–H groups in total. The number of anilines is 2. The number of rotatable bonds is 6. The second-order valence-corrected chi connectivity index (χ2v) is 10.7. The van der Waals surface area contributed by atoms with Crippen molar-refractivity contribution in [3.05, 3.63) is 107 Å². The van der Waals surface area contributed by atoms with Gasteiger partial charge in [-0.1, -0.05) is 41.9 Å². The standard InChI is InChI=1S/C29H28BrN5OS/c1-18(2)28(36)32-23-13-12-22(16-19(23)3)35-27(26(33-29(35)37)24-10-4-5-14-31-24)25-11-7-15-34(25)21-9-6-8-20(30)17-21/h4-18,26-27H,1-3H3,(H,32,36)(H,33,37). The first-order valence-electron chi connectivity index (χ1n) is 12.2. The number of amides is 1. The maximum atomic E-state index is 12.3. The molecule has 4 aromatic rings. The minimum atomic E-state index is -0.160. The minimum absolute atomic E-state index is 0.00541. The Morgan fingerprint density at radius 3 is 2.59 bits per heavy atom. The summed E-state index contributed by atoms with van der Waals surface area (Å²) in [5, 5.41) is 7.18. The van der Waals surface area contributed by atoms with Crippen molar-refractivity contribution in [2.45, 2.75) is 32.9 Å². The summed E-state index contributed by atoms with van der Waals surface area (Å²) in [6, 6.07) is 24.1. The maximum absolute atomic E-state index is 12.3. The van der Waals surface area contributed by atoms with Crippen LogP contribution in [0.4, 0.5) is 11.4 Å². The molecule has 2 atom stereocenters. The molecule has 5 rings (SSSR count). The molecule has 188 valence electrons. The number of benzene rings is 2. The van der Waals surface area contributed by atoms with Crippen molar-refractivity contribution < 1.29 is 4.79 Å². The molecule has 6 nitrogen and oxygen atoms in total.